The summed E-state index contributed by atoms with van der Waals surface area (Å²) < 4.78 is 3.54. The molecule has 3 nitrogen and oxygen atoms in total. The summed E-state index contributed by atoms with van der Waals surface area (Å²) in [5.41, 5.74) is 2.01. The van der Waals surface area contributed by atoms with Gasteiger partial charge in [-0.15, -0.1) is 0 Å². The molecule has 0 saturated heterocycles. The van der Waals surface area contributed by atoms with E-state index in [1.54, 1.807) is 0 Å². The molecule has 0 bridgehead atoms. The Balaban J connectivity index is 2.64. The molecule has 0 spiro atoms. The zero-order valence-electron chi connectivity index (χ0n) is 10.9. The highest BCUT2D eigenvalue weighted by molar-refractivity contribution is 9.10. The molecule has 0 aliphatic carbocycles. The van der Waals surface area contributed by atoms with Crippen LogP contribution in [-0.2, 0) is 5.54 Å². The quantitative estimate of drug-likeness (QED) is 0.705. The summed E-state index contributed by atoms with van der Waals surface area (Å²) in [4.78, 5) is 11.3. The summed E-state index contributed by atoms with van der Waals surface area (Å²) in [6.07, 6.45) is 0.844. The molecular weight excluding hydrogens is 372 g/mol. The summed E-state index contributed by atoms with van der Waals surface area (Å²) in [5, 5.41) is 4.57. The van der Waals surface area contributed by atoms with Crippen LogP contribution in [0.1, 0.15) is 31.1 Å². The normalized spacial score (nSPS) is 11.6. The molecule has 1 aromatic heterocycles. The summed E-state index contributed by atoms with van der Waals surface area (Å²) in [6, 6.07) is 7.76. The highest BCUT2D eigenvalue weighted by Gasteiger charge is 2.23. The molecule has 1 aromatic carbocycles. The third-order valence-electron chi connectivity index (χ3n) is 2.73. The third-order valence-corrected chi connectivity index (χ3v) is 4.03. The minimum Gasteiger partial charge on any atom is -0.298 e. The van der Waals surface area contributed by atoms with Gasteiger partial charge in [0.1, 0.15) is 10.3 Å². The minimum atomic E-state index is -0.190. The average molecular weight is 386 g/mol. The number of halogens is 2. The Bertz CT molecular complexity index is 610. The number of carbonyl (C=O) groups excluding carboxylic acids is 1. The van der Waals surface area contributed by atoms with Gasteiger partial charge in [-0.05, 0) is 48.8 Å². The third kappa shape index (κ3) is 2.82. The van der Waals surface area contributed by atoms with Gasteiger partial charge in [-0.3, -0.25) is 9.48 Å². The molecule has 0 fully saturated rings. The summed E-state index contributed by atoms with van der Waals surface area (Å²) in [7, 11) is 0. The Morgan fingerprint density at radius 3 is 2.21 bits per heavy atom. The van der Waals surface area contributed by atoms with Crippen LogP contribution in [0.3, 0.4) is 0 Å². The second-order valence-electron chi connectivity index (χ2n) is 5.26. The van der Waals surface area contributed by atoms with Crippen molar-refractivity contribution in [3.05, 3.63) is 38.9 Å². The first kappa shape index (κ1) is 14.5. The van der Waals surface area contributed by atoms with Crippen molar-refractivity contribution in [1.82, 2.24) is 9.78 Å². The lowest BCUT2D eigenvalue weighted by Gasteiger charge is -2.20. The molecule has 0 saturated carbocycles. The molecule has 19 heavy (non-hydrogen) atoms. The number of nitrogens with zero attached hydrogens (tertiary/aromatic N) is 2. The second kappa shape index (κ2) is 5.21. The number of rotatable bonds is 2. The van der Waals surface area contributed by atoms with E-state index in [0.29, 0.717) is 15.9 Å². The molecule has 0 aliphatic rings. The lowest BCUT2D eigenvalue weighted by Crippen LogP contribution is -2.23. The number of hydrogen-bond acceptors (Lipinski definition) is 2. The highest BCUT2D eigenvalue weighted by Crippen LogP contribution is 2.31. The maximum atomic E-state index is 11.3. The van der Waals surface area contributed by atoms with Crippen LogP contribution in [0.2, 0.25) is 0 Å². The van der Waals surface area contributed by atoms with E-state index in [2.05, 4.69) is 37.0 Å². The number of aromatic nitrogens is 2. The molecule has 1 heterocycles. The lowest BCUT2D eigenvalue weighted by molar-refractivity contribution is 0.112. The standard InChI is InChI=1S/C14H14Br2N2O/c1-14(2,3)18-13(16)11(8-19)12(17-18)9-4-6-10(15)7-5-9/h4-8H,1-3H3. The zero-order chi connectivity index (χ0) is 14.2. The smallest absolute Gasteiger partial charge is 0.155 e. The van der Waals surface area contributed by atoms with Gasteiger partial charge in [0, 0.05) is 10.0 Å². The molecule has 0 N–H and O–H groups in total. The molecule has 0 unspecified atom stereocenters. The number of aldehydes is 1. The summed E-state index contributed by atoms with van der Waals surface area (Å²) in [6.45, 7) is 6.14. The van der Waals surface area contributed by atoms with E-state index < -0.39 is 0 Å². The van der Waals surface area contributed by atoms with Gasteiger partial charge < -0.3 is 0 Å². The van der Waals surface area contributed by atoms with Gasteiger partial charge in [0.2, 0.25) is 0 Å². The summed E-state index contributed by atoms with van der Waals surface area (Å²) >= 11 is 6.87. The van der Waals surface area contributed by atoms with Crippen molar-refractivity contribution >= 4 is 38.1 Å². The minimum absolute atomic E-state index is 0.190. The first-order valence-electron chi connectivity index (χ1n) is 5.84. The van der Waals surface area contributed by atoms with E-state index in [4.69, 9.17) is 0 Å². The predicted octanol–water partition coefficient (Wildman–Crippen LogP) is 4.64. The van der Waals surface area contributed by atoms with Crippen LogP contribution in [0.4, 0.5) is 0 Å². The van der Waals surface area contributed by atoms with Gasteiger partial charge in [-0.1, -0.05) is 28.1 Å². The lowest BCUT2D eigenvalue weighted by atomic mass is 10.1. The van der Waals surface area contributed by atoms with E-state index in [9.17, 15) is 4.79 Å². The van der Waals surface area contributed by atoms with Crippen LogP contribution >= 0.6 is 31.9 Å². The topological polar surface area (TPSA) is 34.9 Å². The Kier molecular flexibility index (Phi) is 3.97. The fourth-order valence-electron chi connectivity index (χ4n) is 1.78. The molecule has 100 valence electrons. The fraction of sp³-hybridized carbons (Fsp3) is 0.286. The fourth-order valence-corrected chi connectivity index (χ4v) is 2.94. The monoisotopic (exact) mass is 384 g/mol. The van der Waals surface area contributed by atoms with E-state index in [-0.39, 0.29) is 5.54 Å². The van der Waals surface area contributed by atoms with Crippen molar-refractivity contribution in [2.75, 3.05) is 0 Å². The highest BCUT2D eigenvalue weighted by atomic mass is 79.9. The number of carbonyl (C=O) groups is 1. The van der Waals surface area contributed by atoms with Gasteiger partial charge in [0.15, 0.2) is 6.29 Å². The van der Waals surface area contributed by atoms with Gasteiger partial charge >= 0.3 is 0 Å². The number of benzene rings is 1. The van der Waals surface area contributed by atoms with Crippen molar-refractivity contribution in [2.24, 2.45) is 0 Å². The van der Waals surface area contributed by atoms with Gasteiger partial charge in [0.25, 0.3) is 0 Å². The molecule has 2 rings (SSSR count). The predicted molar refractivity (Wildman–Crippen MR) is 83.4 cm³/mol. The Morgan fingerprint density at radius 1 is 1.16 bits per heavy atom. The van der Waals surface area contributed by atoms with Gasteiger partial charge in [-0.2, -0.15) is 5.10 Å². The SMILES string of the molecule is CC(C)(C)n1nc(-c2ccc(Br)cc2)c(C=O)c1Br. The first-order chi connectivity index (χ1) is 8.84. The van der Waals surface area contributed by atoms with Crippen molar-refractivity contribution in [1.29, 1.82) is 0 Å². The van der Waals surface area contributed by atoms with Crippen molar-refractivity contribution < 1.29 is 4.79 Å². The van der Waals surface area contributed by atoms with Crippen molar-refractivity contribution in [3.8, 4) is 11.3 Å². The van der Waals surface area contributed by atoms with Crippen LogP contribution in [0.15, 0.2) is 33.3 Å². The van der Waals surface area contributed by atoms with Crippen LogP contribution in [0, 0.1) is 0 Å². The molecule has 0 amide bonds. The Hall–Kier alpha value is -0.940. The molecule has 0 aliphatic heterocycles. The molecule has 0 atom stereocenters. The summed E-state index contributed by atoms with van der Waals surface area (Å²) in [5.74, 6) is 0. The number of hydrogen-bond donors (Lipinski definition) is 0. The van der Waals surface area contributed by atoms with Crippen LogP contribution in [-0.4, -0.2) is 16.1 Å². The maximum absolute atomic E-state index is 11.3. The molecular formula is C14H14Br2N2O. The average Bonchev–Trinajstić information content (AvgIpc) is 2.67. The van der Waals surface area contributed by atoms with E-state index in [1.165, 1.54) is 0 Å². The first-order valence-corrected chi connectivity index (χ1v) is 7.43. The van der Waals surface area contributed by atoms with E-state index in [0.717, 1.165) is 16.3 Å². The molecule has 2 aromatic rings. The van der Waals surface area contributed by atoms with Crippen LogP contribution < -0.4 is 0 Å². The Labute approximate surface area is 129 Å². The van der Waals surface area contributed by atoms with E-state index >= 15 is 0 Å². The maximum Gasteiger partial charge on any atom is 0.155 e. The molecule has 5 heteroatoms. The van der Waals surface area contributed by atoms with Crippen LogP contribution in [0.25, 0.3) is 11.3 Å². The van der Waals surface area contributed by atoms with Gasteiger partial charge in [-0.25, -0.2) is 0 Å². The second-order valence-corrected chi connectivity index (χ2v) is 6.93. The molecule has 0 radical (unpaired) electrons. The zero-order valence-corrected chi connectivity index (χ0v) is 14.1. The van der Waals surface area contributed by atoms with Crippen LogP contribution in [0.5, 0.6) is 0 Å². The largest absolute Gasteiger partial charge is 0.298 e. The van der Waals surface area contributed by atoms with Crippen molar-refractivity contribution in [2.45, 2.75) is 26.3 Å². The van der Waals surface area contributed by atoms with Crippen molar-refractivity contribution in [3.63, 3.8) is 0 Å². The van der Waals surface area contributed by atoms with Gasteiger partial charge in [0.05, 0.1) is 11.1 Å². The van der Waals surface area contributed by atoms with E-state index in [1.807, 2.05) is 49.7 Å². The Morgan fingerprint density at radius 2 is 1.74 bits per heavy atom.